The summed E-state index contributed by atoms with van der Waals surface area (Å²) >= 11 is 1.63. The molecule has 1 amide bonds. The quantitative estimate of drug-likeness (QED) is 0.838. The first kappa shape index (κ1) is 16.9. The van der Waals surface area contributed by atoms with Crippen molar-refractivity contribution in [3.05, 3.63) is 46.3 Å². The highest BCUT2D eigenvalue weighted by atomic mass is 32.1. The fraction of sp³-hybridized carbons (Fsp3) is 0.444. The molecule has 0 aromatic carbocycles. The Bertz CT molecular complexity index is 643. The average Bonchev–Trinajstić information content (AvgIpc) is 3.22. The lowest BCUT2D eigenvalue weighted by molar-refractivity contribution is -0.121. The monoisotopic (exact) mass is 345 g/mol. The van der Waals surface area contributed by atoms with Gasteiger partial charge in [-0.05, 0) is 41.3 Å². The number of amides is 1. The third kappa shape index (κ3) is 4.79. The van der Waals surface area contributed by atoms with Crippen LogP contribution in [-0.4, -0.2) is 41.5 Å². The minimum atomic E-state index is 0.114. The Hall–Kier alpha value is -1.92. The summed E-state index contributed by atoms with van der Waals surface area (Å²) in [6, 6.07) is 6.21. The van der Waals surface area contributed by atoms with Crippen LogP contribution in [0.2, 0.25) is 0 Å². The SMILES string of the molecule is CCOc1ccc(CN2CC[C@H](NC(=O)Cc3ccsc3)C2)cn1. The third-order valence-corrected chi connectivity index (χ3v) is 4.81. The summed E-state index contributed by atoms with van der Waals surface area (Å²) in [5, 5.41) is 7.18. The van der Waals surface area contributed by atoms with Gasteiger partial charge in [-0.25, -0.2) is 4.98 Å². The maximum atomic E-state index is 12.1. The second kappa shape index (κ2) is 8.26. The molecule has 2 aromatic rings. The standard InChI is InChI=1S/C18H23N3O2S/c1-2-23-18-4-3-15(10-19-18)11-21-7-5-16(12-21)20-17(22)9-14-6-8-24-13-14/h3-4,6,8,10,13,16H,2,5,7,9,11-12H2,1H3,(H,20,22)/t16-/m0/s1. The minimum Gasteiger partial charge on any atom is -0.478 e. The zero-order valence-corrected chi connectivity index (χ0v) is 14.7. The van der Waals surface area contributed by atoms with Gasteiger partial charge in [0.15, 0.2) is 0 Å². The van der Waals surface area contributed by atoms with E-state index in [1.54, 1.807) is 11.3 Å². The Balaban J connectivity index is 1.44. The van der Waals surface area contributed by atoms with Crippen LogP contribution in [0.15, 0.2) is 35.2 Å². The number of pyridine rings is 1. The fourth-order valence-electron chi connectivity index (χ4n) is 2.95. The minimum absolute atomic E-state index is 0.114. The molecule has 1 fully saturated rings. The van der Waals surface area contributed by atoms with Crippen molar-refractivity contribution in [2.75, 3.05) is 19.7 Å². The molecule has 24 heavy (non-hydrogen) atoms. The molecule has 0 saturated carbocycles. The Morgan fingerprint density at radius 3 is 3.04 bits per heavy atom. The number of rotatable bonds is 7. The highest BCUT2D eigenvalue weighted by Crippen LogP contribution is 2.15. The van der Waals surface area contributed by atoms with Crippen LogP contribution in [0.1, 0.15) is 24.5 Å². The number of likely N-dealkylation sites (tertiary alicyclic amines) is 1. The van der Waals surface area contributed by atoms with Crippen molar-refractivity contribution in [1.82, 2.24) is 15.2 Å². The molecule has 5 nitrogen and oxygen atoms in total. The number of carbonyl (C=O) groups excluding carboxylic acids is 1. The largest absolute Gasteiger partial charge is 0.478 e. The van der Waals surface area contributed by atoms with E-state index in [-0.39, 0.29) is 11.9 Å². The van der Waals surface area contributed by atoms with E-state index >= 15 is 0 Å². The number of hydrogen-bond acceptors (Lipinski definition) is 5. The topological polar surface area (TPSA) is 54.5 Å². The van der Waals surface area contributed by atoms with Gasteiger partial charge < -0.3 is 10.1 Å². The number of nitrogens with one attached hydrogen (secondary N) is 1. The van der Waals surface area contributed by atoms with Gasteiger partial charge in [-0.3, -0.25) is 9.69 Å². The molecule has 0 spiro atoms. The molecular weight excluding hydrogens is 322 g/mol. The molecule has 0 aliphatic carbocycles. The van der Waals surface area contributed by atoms with Crippen molar-refractivity contribution >= 4 is 17.2 Å². The number of carbonyl (C=O) groups is 1. The van der Waals surface area contributed by atoms with Gasteiger partial charge in [0.1, 0.15) is 0 Å². The molecule has 1 aliphatic heterocycles. The average molecular weight is 345 g/mol. The van der Waals surface area contributed by atoms with Crippen molar-refractivity contribution in [3.8, 4) is 5.88 Å². The van der Waals surface area contributed by atoms with Crippen molar-refractivity contribution < 1.29 is 9.53 Å². The van der Waals surface area contributed by atoms with E-state index in [1.807, 2.05) is 36.0 Å². The third-order valence-electron chi connectivity index (χ3n) is 4.08. The summed E-state index contributed by atoms with van der Waals surface area (Å²) in [5.74, 6) is 0.782. The molecule has 1 N–H and O–H groups in total. The second-order valence-electron chi connectivity index (χ2n) is 6.03. The molecule has 1 atom stereocenters. The molecule has 0 unspecified atom stereocenters. The van der Waals surface area contributed by atoms with E-state index in [2.05, 4.69) is 21.3 Å². The molecule has 6 heteroatoms. The predicted octanol–water partition coefficient (Wildman–Crippen LogP) is 2.48. The van der Waals surface area contributed by atoms with E-state index < -0.39 is 0 Å². The normalized spacial score (nSPS) is 17.8. The van der Waals surface area contributed by atoms with Crippen LogP contribution in [0.3, 0.4) is 0 Å². The van der Waals surface area contributed by atoms with Gasteiger partial charge in [0.05, 0.1) is 13.0 Å². The molecule has 1 saturated heterocycles. The van der Waals surface area contributed by atoms with Gasteiger partial charge in [-0.2, -0.15) is 11.3 Å². The fourth-order valence-corrected chi connectivity index (χ4v) is 3.62. The van der Waals surface area contributed by atoms with Crippen LogP contribution in [0.25, 0.3) is 0 Å². The molecule has 3 heterocycles. The van der Waals surface area contributed by atoms with Crippen molar-refractivity contribution in [2.45, 2.75) is 32.4 Å². The van der Waals surface area contributed by atoms with E-state index in [0.717, 1.165) is 31.6 Å². The molecule has 2 aromatic heterocycles. The first-order valence-electron chi connectivity index (χ1n) is 8.33. The van der Waals surface area contributed by atoms with E-state index in [1.165, 1.54) is 5.56 Å². The lowest BCUT2D eigenvalue weighted by atomic mass is 10.2. The number of nitrogens with zero attached hydrogens (tertiary/aromatic N) is 2. The Morgan fingerprint density at radius 2 is 2.33 bits per heavy atom. The van der Waals surface area contributed by atoms with Gasteiger partial charge >= 0.3 is 0 Å². The molecular formula is C18H23N3O2S. The van der Waals surface area contributed by atoms with Gasteiger partial charge in [0.25, 0.3) is 0 Å². The summed E-state index contributed by atoms with van der Waals surface area (Å²) in [7, 11) is 0. The Morgan fingerprint density at radius 1 is 1.42 bits per heavy atom. The van der Waals surface area contributed by atoms with Gasteiger partial charge in [-0.1, -0.05) is 6.07 Å². The first-order chi connectivity index (χ1) is 11.7. The molecule has 128 valence electrons. The number of thiophene rings is 1. The van der Waals surface area contributed by atoms with Crippen molar-refractivity contribution in [3.63, 3.8) is 0 Å². The first-order valence-corrected chi connectivity index (χ1v) is 9.27. The van der Waals surface area contributed by atoms with Crippen molar-refractivity contribution in [1.29, 1.82) is 0 Å². The molecule has 0 radical (unpaired) electrons. The van der Waals surface area contributed by atoms with E-state index in [0.29, 0.717) is 18.9 Å². The van der Waals surface area contributed by atoms with Gasteiger partial charge in [0.2, 0.25) is 11.8 Å². The van der Waals surface area contributed by atoms with Crippen molar-refractivity contribution in [2.24, 2.45) is 0 Å². The summed E-state index contributed by atoms with van der Waals surface area (Å²) in [6.07, 6.45) is 3.34. The van der Waals surface area contributed by atoms with Crippen LogP contribution < -0.4 is 10.1 Å². The second-order valence-corrected chi connectivity index (χ2v) is 6.81. The summed E-state index contributed by atoms with van der Waals surface area (Å²) in [5.41, 5.74) is 2.26. The molecule has 1 aliphatic rings. The lowest BCUT2D eigenvalue weighted by Crippen LogP contribution is -2.37. The summed E-state index contributed by atoms with van der Waals surface area (Å²) in [4.78, 5) is 18.7. The van der Waals surface area contributed by atoms with Gasteiger partial charge in [-0.15, -0.1) is 0 Å². The maximum absolute atomic E-state index is 12.1. The van der Waals surface area contributed by atoms with Crippen LogP contribution >= 0.6 is 11.3 Å². The predicted molar refractivity (Wildman–Crippen MR) is 95.3 cm³/mol. The lowest BCUT2D eigenvalue weighted by Gasteiger charge is -2.16. The number of aromatic nitrogens is 1. The van der Waals surface area contributed by atoms with Crippen LogP contribution in [-0.2, 0) is 17.8 Å². The highest BCUT2D eigenvalue weighted by molar-refractivity contribution is 7.07. The Kier molecular flexibility index (Phi) is 5.82. The zero-order chi connectivity index (χ0) is 16.8. The van der Waals surface area contributed by atoms with E-state index in [9.17, 15) is 4.79 Å². The maximum Gasteiger partial charge on any atom is 0.224 e. The highest BCUT2D eigenvalue weighted by Gasteiger charge is 2.23. The molecule has 0 bridgehead atoms. The Labute approximate surface area is 146 Å². The van der Waals surface area contributed by atoms with E-state index in [4.69, 9.17) is 4.74 Å². The number of hydrogen-bond donors (Lipinski definition) is 1. The summed E-state index contributed by atoms with van der Waals surface area (Å²) < 4.78 is 5.36. The van der Waals surface area contributed by atoms with Gasteiger partial charge in [0, 0.05) is 37.9 Å². The van der Waals surface area contributed by atoms with Crippen LogP contribution in [0, 0.1) is 0 Å². The van der Waals surface area contributed by atoms with Crippen LogP contribution in [0.5, 0.6) is 5.88 Å². The molecule has 3 rings (SSSR count). The summed E-state index contributed by atoms with van der Waals surface area (Å²) in [6.45, 7) is 5.33. The smallest absolute Gasteiger partial charge is 0.224 e. The zero-order valence-electron chi connectivity index (χ0n) is 13.9. The number of ether oxygens (including phenoxy) is 1. The van der Waals surface area contributed by atoms with Crippen LogP contribution in [0.4, 0.5) is 0 Å².